The molecule has 1 unspecified atom stereocenters. The molecule has 1 aliphatic heterocycles. The molecule has 0 aliphatic carbocycles. The van der Waals surface area contributed by atoms with Crippen molar-refractivity contribution in [2.75, 3.05) is 6.54 Å². The van der Waals surface area contributed by atoms with E-state index in [1.807, 2.05) is 38.1 Å². The van der Waals surface area contributed by atoms with Crippen LogP contribution in [-0.2, 0) is 22.3 Å². The molecule has 1 aromatic rings. The largest absolute Gasteiger partial charge is 0.352 e. The Morgan fingerprint density at radius 1 is 1.27 bits per heavy atom. The fourth-order valence-corrected chi connectivity index (χ4v) is 3.65. The van der Waals surface area contributed by atoms with Crippen molar-refractivity contribution in [3.63, 3.8) is 0 Å². The number of benzene rings is 1. The second-order valence-electron chi connectivity index (χ2n) is 5.94. The lowest BCUT2D eigenvalue weighted by molar-refractivity contribution is 0.569. The van der Waals surface area contributed by atoms with Gasteiger partial charge in [-0.2, -0.15) is 0 Å². The van der Waals surface area contributed by atoms with Crippen molar-refractivity contribution in [1.29, 1.82) is 0 Å². The zero-order valence-electron chi connectivity index (χ0n) is 13.3. The van der Waals surface area contributed by atoms with Crippen LogP contribution in [0.15, 0.2) is 29.3 Å². The number of guanidine groups is 1. The molecule has 1 atom stereocenters. The molecule has 0 radical (unpaired) electrons. The van der Waals surface area contributed by atoms with Crippen LogP contribution in [0.5, 0.6) is 0 Å². The van der Waals surface area contributed by atoms with E-state index in [1.165, 1.54) is 0 Å². The Morgan fingerprint density at radius 3 is 2.45 bits per heavy atom. The smallest absolute Gasteiger partial charge is 0.216 e. The van der Waals surface area contributed by atoms with Gasteiger partial charge in [-0.1, -0.05) is 24.3 Å². The van der Waals surface area contributed by atoms with Crippen LogP contribution in [-0.4, -0.2) is 33.0 Å². The number of aliphatic imine (C=N–C) groups is 1. The fourth-order valence-electron chi connectivity index (χ4n) is 2.22. The Kier molecular flexibility index (Phi) is 5.42. The average Bonchev–Trinajstić information content (AvgIpc) is 2.82. The van der Waals surface area contributed by atoms with Gasteiger partial charge in [-0.25, -0.2) is 13.1 Å². The minimum absolute atomic E-state index is 0.00463. The van der Waals surface area contributed by atoms with Gasteiger partial charge < -0.3 is 10.6 Å². The van der Waals surface area contributed by atoms with Gasteiger partial charge in [-0.15, -0.1) is 0 Å². The molecule has 0 spiro atoms. The SMILES string of the molecule is CC(C)NS(=O)(=O)Cc1ccc(CNC2=NCC(C)N2)cc1. The highest BCUT2D eigenvalue weighted by molar-refractivity contribution is 7.88. The van der Waals surface area contributed by atoms with Crippen molar-refractivity contribution in [2.45, 2.75) is 45.2 Å². The lowest BCUT2D eigenvalue weighted by Crippen LogP contribution is -2.37. The van der Waals surface area contributed by atoms with Crippen molar-refractivity contribution in [3.05, 3.63) is 35.4 Å². The predicted molar refractivity (Wildman–Crippen MR) is 89.1 cm³/mol. The van der Waals surface area contributed by atoms with Crippen LogP contribution < -0.4 is 15.4 Å². The van der Waals surface area contributed by atoms with E-state index in [4.69, 9.17) is 0 Å². The number of rotatable bonds is 6. The summed E-state index contributed by atoms with van der Waals surface area (Å²) in [5.41, 5.74) is 1.86. The predicted octanol–water partition coefficient (Wildman–Crippen LogP) is 0.952. The average molecular weight is 324 g/mol. The van der Waals surface area contributed by atoms with Gasteiger partial charge in [-0.3, -0.25) is 4.99 Å². The lowest BCUT2D eigenvalue weighted by Gasteiger charge is -2.11. The summed E-state index contributed by atoms with van der Waals surface area (Å²) in [4.78, 5) is 4.33. The van der Waals surface area contributed by atoms with Gasteiger partial charge in [0, 0.05) is 18.6 Å². The summed E-state index contributed by atoms with van der Waals surface area (Å²) in [6.45, 7) is 7.16. The lowest BCUT2D eigenvalue weighted by atomic mass is 10.1. The van der Waals surface area contributed by atoms with E-state index in [1.54, 1.807) is 0 Å². The number of hydrogen-bond acceptors (Lipinski definition) is 5. The standard InChI is InChI=1S/C15H24N4O2S/c1-11(2)19-22(20,21)10-14-6-4-13(5-7-14)9-17-15-16-8-12(3)18-15/h4-7,11-12,19H,8-10H2,1-3H3,(H2,16,17,18). The van der Waals surface area contributed by atoms with Crippen LogP contribution in [0, 0.1) is 0 Å². The number of hydrogen-bond donors (Lipinski definition) is 3. The highest BCUT2D eigenvalue weighted by Gasteiger charge is 2.13. The molecule has 3 N–H and O–H groups in total. The third-order valence-electron chi connectivity index (χ3n) is 3.16. The third kappa shape index (κ3) is 5.31. The van der Waals surface area contributed by atoms with Gasteiger partial charge >= 0.3 is 0 Å². The highest BCUT2D eigenvalue weighted by Crippen LogP contribution is 2.08. The monoisotopic (exact) mass is 324 g/mol. The summed E-state index contributed by atoms with van der Waals surface area (Å²) >= 11 is 0. The van der Waals surface area contributed by atoms with Crippen LogP contribution >= 0.6 is 0 Å². The Balaban J connectivity index is 1.88. The van der Waals surface area contributed by atoms with E-state index in [0.29, 0.717) is 12.6 Å². The van der Waals surface area contributed by atoms with Crippen molar-refractivity contribution in [3.8, 4) is 0 Å². The quantitative estimate of drug-likeness (QED) is 0.728. The highest BCUT2D eigenvalue weighted by atomic mass is 32.2. The second-order valence-corrected chi connectivity index (χ2v) is 7.69. The normalized spacial score (nSPS) is 18.2. The third-order valence-corrected chi connectivity index (χ3v) is 4.71. The Morgan fingerprint density at radius 2 is 1.91 bits per heavy atom. The summed E-state index contributed by atoms with van der Waals surface area (Å²) in [6, 6.07) is 7.86. The first-order valence-electron chi connectivity index (χ1n) is 7.47. The molecule has 6 nitrogen and oxygen atoms in total. The zero-order chi connectivity index (χ0) is 16.2. The van der Waals surface area contributed by atoms with Crippen LogP contribution in [0.4, 0.5) is 0 Å². The molecule has 1 aliphatic rings. The molecular formula is C15H24N4O2S. The van der Waals surface area contributed by atoms with E-state index >= 15 is 0 Å². The van der Waals surface area contributed by atoms with Crippen LogP contribution in [0.25, 0.3) is 0 Å². The molecule has 0 bridgehead atoms. The maximum Gasteiger partial charge on any atom is 0.216 e. The van der Waals surface area contributed by atoms with Crippen LogP contribution in [0.1, 0.15) is 31.9 Å². The number of sulfonamides is 1. The van der Waals surface area contributed by atoms with E-state index in [2.05, 4.69) is 27.3 Å². The molecule has 0 fully saturated rings. The molecule has 2 rings (SSSR count). The molecule has 1 heterocycles. The van der Waals surface area contributed by atoms with E-state index in [-0.39, 0.29) is 11.8 Å². The zero-order valence-corrected chi connectivity index (χ0v) is 14.1. The Bertz CT molecular complexity index is 623. The van der Waals surface area contributed by atoms with Crippen molar-refractivity contribution in [2.24, 2.45) is 4.99 Å². The van der Waals surface area contributed by atoms with E-state index in [9.17, 15) is 8.42 Å². The van der Waals surface area contributed by atoms with Crippen molar-refractivity contribution >= 4 is 16.0 Å². The minimum atomic E-state index is -3.27. The summed E-state index contributed by atoms with van der Waals surface area (Å²) in [6.07, 6.45) is 0. The van der Waals surface area contributed by atoms with E-state index < -0.39 is 10.0 Å². The van der Waals surface area contributed by atoms with Crippen molar-refractivity contribution in [1.82, 2.24) is 15.4 Å². The number of nitrogens with zero attached hydrogens (tertiary/aromatic N) is 1. The first-order valence-corrected chi connectivity index (χ1v) is 9.12. The van der Waals surface area contributed by atoms with Gasteiger partial charge in [0.25, 0.3) is 0 Å². The first kappa shape index (κ1) is 16.8. The summed E-state index contributed by atoms with van der Waals surface area (Å²) < 4.78 is 26.3. The minimum Gasteiger partial charge on any atom is -0.352 e. The molecule has 0 saturated heterocycles. The number of nitrogens with one attached hydrogen (secondary N) is 3. The van der Waals surface area contributed by atoms with Crippen LogP contribution in [0.3, 0.4) is 0 Å². The molecule has 7 heteroatoms. The fraction of sp³-hybridized carbons (Fsp3) is 0.533. The topological polar surface area (TPSA) is 82.6 Å². The summed E-state index contributed by atoms with van der Waals surface area (Å²) in [5.74, 6) is 0.824. The van der Waals surface area contributed by atoms with Gasteiger partial charge in [0.1, 0.15) is 0 Å². The molecule has 0 saturated carbocycles. The van der Waals surface area contributed by atoms with Crippen molar-refractivity contribution < 1.29 is 8.42 Å². The molecule has 0 amide bonds. The van der Waals surface area contributed by atoms with Gasteiger partial charge in [0.15, 0.2) is 5.96 Å². The molecule has 0 aromatic heterocycles. The Labute approximate surface area is 132 Å². The Hall–Kier alpha value is -1.60. The maximum absolute atomic E-state index is 11.9. The molecule has 122 valence electrons. The summed E-state index contributed by atoms with van der Waals surface area (Å²) in [7, 11) is -3.27. The summed E-state index contributed by atoms with van der Waals surface area (Å²) in [5, 5.41) is 6.47. The first-order chi connectivity index (χ1) is 10.3. The molecule has 22 heavy (non-hydrogen) atoms. The molecule has 1 aromatic carbocycles. The van der Waals surface area contributed by atoms with E-state index in [0.717, 1.165) is 23.6 Å². The second kappa shape index (κ2) is 7.11. The van der Waals surface area contributed by atoms with Gasteiger partial charge in [-0.05, 0) is 31.9 Å². The van der Waals surface area contributed by atoms with Gasteiger partial charge in [0.05, 0.1) is 12.3 Å². The molecular weight excluding hydrogens is 300 g/mol. The van der Waals surface area contributed by atoms with Crippen LogP contribution in [0.2, 0.25) is 0 Å². The van der Waals surface area contributed by atoms with Gasteiger partial charge in [0.2, 0.25) is 10.0 Å². The maximum atomic E-state index is 11.9.